The van der Waals surface area contributed by atoms with Gasteiger partial charge in [0.25, 0.3) is 0 Å². The minimum atomic E-state index is -1.23. The van der Waals surface area contributed by atoms with Gasteiger partial charge in [-0.2, -0.15) is 0 Å². The average Bonchev–Trinajstić information content (AvgIpc) is 3.62. The molecular formula is C44H64N10O6. The van der Waals surface area contributed by atoms with Crippen LogP contribution in [0.1, 0.15) is 96.6 Å². The Morgan fingerprint density at radius 1 is 0.817 bits per heavy atom. The zero-order valence-corrected chi connectivity index (χ0v) is 35.4. The molecule has 60 heavy (non-hydrogen) atoms. The molecule has 1 fully saturated rings. The summed E-state index contributed by atoms with van der Waals surface area (Å²) in [6.45, 7) is 8.22. The minimum absolute atomic E-state index is 0.0122. The summed E-state index contributed by atoms with van der Waals surface area (Å²) >= 11 is 0. The van der Waals surface area contributed by atoms with Crippen molar-refractivity contribution < 1.29 is 28.8 Å². The number of primary amides is 1. The number of H-pyrrole nitrogens is 1. The fourth-order valence-electron chi connectivity index (χ4n) is 7.75. The van der Waals surface area contributed by atoms with E-state index in [4.69, 9.17) is 17.2 Å². The Hall–Kier alpha value is -5.93. The monoisotopic (exact) mass is 829 g/mol. The van der Waals surface area contributed by atoms with Crippen molar-refractivity contribution in [3.05, 3.63) is 71.9 Å². The van der Waals surface area contributed by atoms with E-state index in [9.17, 15) is 28.8 Å². The largest absolute Gasteiger partial charge is 0.370 e. The summed E-state index contributed by atoms with van der Waals surface area (Å²) in [4.78, 5) is 88.8. The van der Waals surface area contributed by atoms with Crippen LogP contribution in [0, 0.1) is 11.3 Å². The Kier molecular flexibility index (Phi) is 17.1. The molecule has 4 rings (SSSR count). The Balaban J connectivity index is 1.63. The predicted molar refractivity (Wildman–Crippen MR) is 232 cm³/mol. The third kappa shape index (κ3) is 13.8. The fourth-order valence-corrected chi connectivity index (χ4v) is 7.75. The number of rotatable bonds is 21. The number of unbranched alkanes of at least 4 members (excludes halogenated alkanes) is 1. The van der Waals surface area contributed by atoms with Crippen LogP contribution in [-0.4, -0.2) is 83.1 Å². The van der Waals surface area contributed by atoms with Gasteiger partial charge >= 0.3 is 0 Å². The van der Waals surface area contributed by atoms with E-state index in [1.807, 2.05) is 61.5 Å². The van der Waals surface area contributed by atoms with E-state index in [1.54, 1.807) is 6.20 Å². The molecule has 1 saturated carbocycles. The molecule has 1 aliphatic rings. The van der Waals surface area contributed by atoms with E-state index in [-0.39, 0.29) is 55.9 Å². The average molecular weight is 829 g/mol. The number of aliphatic imine (C=N–C) groups is 1. The lowest BCUT2D eigenvalue weighted by Gasteiger charge is -2.44. The predicted octanol–water partition coefficient (Wildman–Crippen LogP) is 2.34. The Labute approximate surface area is 352 Å². The van der Waals surface area contributed by atoms with Crippen molar-refractivity contribution in [1.82, 2.24) is 31.6 Å². The van der Waals surface area contributed by atoms with Gasteiger partial charge in [-0.15, -0.1) is 0 Å². The molecule has 1 aromatic heterocycles. The first kappa shape index (κ1) is 46.8. The second kappa shape index (κ2) is 21.9. The summed E-state index contributed by atoms with van der Waals surface area (Å²) in [6, 6.07) is 13.1. The van der Waals surface area contributed by atoms with Crippen LogP contribution in [0.15, 0.2) is 65.8 Å². The highest BCUT2D eigenvalue weighted by Gasteiger charge is 2.46. The molecule has 2 aromatic carbocycles. The maximum atomic E-state index is 14.6. The Morgan fingerprint density at radius 3 is 2.10 bits per heavy atom. The van der Waals surface area contributed by atoms with Crippen molar-refractivity contribution >= 4 is 52.3 Å². The highest BCUT2D eigenvalue weighted by molar-refractivity contribution is 5.97. The maximum Gasteiger partial charge on any atom is 0.246 e. The van der Waals surface area contributed by atoms with Gasteiger partial charge in [-0.1, -0.05) is 82.6 Å². The van der Waals surface area contributed by atoms with Crippen LogP contribution in [0.5, 0.6) is 0 Å². The molecule has 0 radical (unpaired) electrons. The number of amides is 6. The van der Waals surface area contributed by atoms with Crippen molar-refractivity contribution in [2.75, 3.05) is 13.1 Å². The van der Waals surface area contributed by atoms with E-state index in [0.29, 0.717) is 38.0 Å². The van der Waals surface area contributed by atoms with E-state index in [2.05, 4.69) is 57.3 Å². The van der Waals surface area contributed by atoms with Crippen LogP contribution in [0.2, 0.25) is 0 Å². The number of nitrogens with one attached hydrogen (secondary N) is 6. The van der Waals surface area contributed by atoms with Crippen molar-refractivity contribution in [1.29, 1.82) is 0 Å². The van der Waals surface area contributed by atoms with Crippen LogP contribution in [0.4, 0.5) is 0 Å². The Morgan fingerprint density at radius 2 is 1.45 bits per heavy atom. The summed E-state index contributed by atoms with van der Waals surface area (Å²) in [6.07, 6.45) is 6.23. The maximum absolute atomic E-state index is 14.6. The highest BCUT2D eigenvalue weighted by atomic mass is 16.2. The van der Waals surface area contributed by atoms with Gasteiger partial charge in [-0.3, -0.25) is 33.8 Å². The lowest BCUT2D eigenvalue weighted by molar-refractivity contribution is -0.139. The normalized spacial score (nSPS) is 18.0. The lowest BCUT2D eigenvalue weighted by Crippen LogP contribution is -2.64. The van der Waals surface area contributed by atoms with Gasteiger partial charge in [0.2, 0.25) is 35.4 Å². The minimum Gasteiger partial charge on any atom is -0.370 e. The third-order valence-corrected chi connectivity index (χ3v) is 11.3. The highest BCUT2D eigenvalue weighted by Crippen LogP contribution is 2.41. The van der Waals surface area contributed by atoms with E-state index >= 15 is 0 Å². The molecular weight excluding hydrogens is 765 g/mol. The number of aromatic nitrogens is 1. The number of benzene rings is 2. The molecule has 6 amide bonds. The molecule has 3 atom stereocenters. The quantitative estimate of drug-likeness (QED) is 0.0436. The SMILES string of the molecule is CCCCC(=O)NC1(C(=O)NC(Cc2ccccc2)C(=O)NC(CCCN=C(N)N)C(=O)NC(Cc2c[nH]c3ccccc23)C(=O)NCC(N)=O)CCC(C(C)(C)C)CC1. The summed E-state index contributed by atoms with van der Waals surface area (Å²) in [7, 11) is 0. The number of nitrogens with zero attached hydrogens (tertiary/aromatic N) is 1. The van der Waals surface area contributed by atoms with E-state index in [1.165, 1.54) is 0 Å². The summed E-state index contributed by atoms with van der Waals surface area (Å²) in [5.41, 5.74) is 17.5. The van der Waals surface area contributed by atoms with Crippen LogP contribution in [0.25, 0.3) is 10.9 Å². The number of carbonyl (C=O) groups is 6. The topological polar surface area (TPSA) is 269 Å². The van der Waals surface area contributed by atoms with Crippen molar-refractivity contribution in [2.45, 2.75) is 122 Å². The molecule has 3 unspecified atom stereocenters. The van der Waals surface area contributed by atoms with Gasteiger partial charge in [-0.05, 0) is 73.5 Å². The van der Waals surface area contributed by atoms with Crippen molar-refractivity contribution in [3.8, 4) is 0 Å². The first-order chi connectivity index (χ1) is 28.5. The van der Waals surface area contributed by atoms with Gasteiger partial charge < -0.3 is 48.8 Å². The third-order valence-electron chi connectivity index (χ3n) is 11.3. The molecule has 0 bridgehead atoms. The summed E-state index contributed by atoms with van der Waals surface area (Å²) in [5.74, 6) is -3.22. The summed E-state index contributed by atoms with van der Waals surface area (Å²) in [5, 5.41) is 15.0. The van der Waals surface area contributed by atoms with E-state index < -0.39 is 59.7 Å². The molecule has 1 aliphatic carbocycles. The smallest absolute Gasteiger partial charge is 0.246 e. The molecule has 0 spiro atoms. The van der Waals surface area contributed by atoms with Crippen LogP contribution in [-0.2, 0) is 41.6 Å². The number of carbonyl (C=O) groups excluding carboxylic acids is 6. The second-order valence-corrected chi connectivity index (χ2v) is 16.9. The first-order valence-electron chi connectivity index (χ1n) is 20.9. The number of guanidine groups is 1. The van der Waals surface area contributed by atoms with Gasteiger partial charge in [0.1, 0.15) is 23.7 Å². The zero-order chi connectivity index (χ0) is 43.9. The van der Waals surface area contributed by atoms with Crippen molar-refractivity contribution in [2.24, 2.45) is 33.5 Å². The molecule has 3 aromatic rings. The van der Waals surface area contributed by atoms with E-state index in [0.717, 1.165) is 28.5 Å². The second-order valence-electron chi connectivity index (χ2n) is 16.9. The van der Waals surface area contributed by atoms with Crippen molar-refractivity contribution in [3.63, 3.8) is 0 Å². The molecule has 1 heterocycles. The standard InChI is InChI=1S/C44H64N10O6/c1-5-6-18-37(56)54-44(21-19-30(20-22-44)43(2,3)4)41(60)53-34(24-28-13-8-7-9-14-28)40(59)51-33(17-12-23-48-42(46)47)39(58)52-35(38(57)50-27-36(45)55)25-29-26-49-32-16-11-10-15-31(29)32/h7-11,13-16,26,30,33-35,49H,5-6,12,17-25,27H2,1-4H3,(H2,45,55)(H,50,57)(H,51,59)(H,52,58)(H,53,60)(H,54,56)(H4,46,47,48). The Bertz CT molecular complexity index is 1960. The van der Waals surface area contributed by atoms with Crippen LogP contribution >= 0.6 is 0 Å². The molecule has 12 N–H and O–H groups in total. The molecule has 16 heteroatoms. The van der Waals surface area contributed by atoms with Gasteiger partial charge in [0.05, 0.1) is 6.54 Å². The summed E-state index contributed by atoms with van der Waals surface area (Å²) < 4.78 is 0. The zero-order valence-electron chi connectivity index (χ0n) is 35.4. The van der Waals surface area contributed by atoms with Crippen LogP contribution < -0.4 is 43.8 Å². The number of fused-ring (bicyclic) bond motifs is 1. The molecule has 326 valence electrons. The first-order valence-corrected chi connectivity index (χ1v) is 20.9. The number of hydrogen-bond acceptors (Lipinski definition) is 7. The number of aromatic amines is 1. The molecule has 0 saturated heterocycles. The fraction of sp³-hybridized carbons (Fsp3) is 0.523. The number of hydrogen-bond donors (Lipinski definition) is 9. The molecule has 16 nitrogen and oxygen atoms in total. The number of para-hydroxylation sites is 1. The van der Waals surface area contributed by atoms with Crippen LogP contribution in [0.3, 0.4) is 0 Å². The molecule has 0 aliphatic heterocycles. The van der Waals surface area contributed by atoms with Gasteiger partial charge in [-0.25, -0.2) is 0 Å². The van der Waals surface area contributed by atoms with Gasteiger partial charge in [0, 0.05) is 42.9 Å². The van der Waals surface area contributed by atoms with Gasteiger partial charge in [0.15, 0.2) is 5.96 Å². The lowest BCUT2D eigenvalue weighted by atomic mass is 9.67. The number of nitrogens with two attached hydrogens (primary N) is 3.